The predicted octanol–water partition coefficient (Wildman–Crippen LogP) is 5.50. The van der Waals surface area contributed by atoms with Gasteiger partial charge in [-0.2, -0.15) is 10.1 Å². The number of benzene rings is 1. The van der Waals surface area contributed by atoms with Crippen molar-refractivity contribution in [1.29, 1.82) is 0 Å². The molecule has 1 saturated heterocycles. The van der Waals surface area contributed by atoms with Gasteiger partial charge in [-0.05, 0) is 51.5 Å². The zero-order valence-electron chi connectivity index (χ0n) is 26.0. The molecule has 0 bridgehead atoms. The number of esters is 1. The number of aromatic nitrogens is 3. The number of carbonyl (C=O) groups excluding carboxylic acids is 2. The third kappa shape index (κ3) is 9.86. The Morgan fingerprint density at radius 2 is 1.89 bits per heavy atom. The molecule has 3 heterocycles. The van der Waals surface area contributed by atoms with Gasteiger partial charge < -0.3 is 14.0 Å². The molecular weight excluding hydrogens is 640 g/mol. The van der Waals surface area contributed by atoms with E-state index in [1.807, 2.05) is 18.2 Å². The number of alkyl halides is 1. The second kappa shape index (κ2) is 15.2. The highest BCUT2D eigenvalue weighted by Crippen LogP contribution is 2.50. The van der Waals surface area contributed by atoms with Crippen LogP contribution in [0, 0.1) is 5.92 Å². The number of thioether (sulfide) groups is 1. The van der Waals surface area contributed by atoms with Crippen LogP contribution < -0.4 is 20.6 Å². The molecule has 1 aromatic carbocycles. The van der Waals surface area contributed by atoms with Gasteiger partial charge >= 0.3 is 25.5 Å². The molecule has 1 unspecified atom stereocenters. The number of amides is 1. The molecule has 0 aliphatic carbocycles. The highest BCUT2D eigenvalue weighted by atomic mass is 32.2. The van der Waals surface area contributed by atoms with E-state index in [-0.39, 0.29) is 24.8 Å². The van der Waals surface area contributed by atoms with E-state index in [9.17, 15) is 18.9 Å². The Labute approximate surface area is 270 Å². The van der Waals surface area contributed by atoms with Crippen molar-refractivity contribution in [2.24, 2.45) is 5.92 Å². The number of hydrogen-bond donors (Lipinski definition) is 2. The first-order chi connectivity index (χ1) is 21.7. The molecule has 13 nitrogen and oxygen atoms in total. The summed E-state index contributed by atoms with van der Waals surface area (Å²) in [6, 6.07) is 12.4. The van der Waals surface area contributed by atoms with Gasteiger partial charge in [0.15, 0.2) is 0 Å². The van der Waals surface area contributed by atoms with E-state index in [0.29, 0.717) is 0 Å². The van der Waals surface area contributed by atoms with Gasteiger partial charge in [0, 0.05) is 23.6 Å². The van der Waals surface area contributed by atoms with Gasteiger partial charge in [-0.1, -0.05) is 37.3 Å². The van der Waals surface area contributed by atoms with E-state index in [1.54, 1.807) is 45.9 Å². The smallest absolute Gasteiger partial charge is 0.459 e. The van der Waals surface area contributed by atoms with E-state index < -0.39 is 59.9 Å². The van der Waals surface area contributed by atoms with Crippen molar-refractivity contribution in [3.8, 4) is 5.75 Å². The van der Waals surface area contributed by atoms with E-state index >= 15 is 4.39 Å². The first-order valence-electron chi connectivity index (χ1n) is 14.4. The minimum Gasteiger partial charge on any atom is -0.460 e. The van der Waals surface area contributed by atoms with Gasteiger partial charge in [0.1, 0.15) is 41.4 Å². The molecule has 46 heavy (non-hydrogen) atoms. The Morgan fingerprint density at radius 3 is 2.54 bits per heavy atom. The zero-order valence-corrected chi connectivity index (χ0v) is 27.7. The summed E-state index contributed by atoms with van der Waals surface area (Å²) in [6.45, 7) is 7.95. The topological polar surface area (TPSA) is 160 Å². The zero-order chi connectivity index (χ0) is 33.5. The minimum atomic E-state index is -4.24. The van der Waals surface area contributed by atoms with Crippen LogP contribution in [0.25, 0.3) is 0 Å². The van der Waals surface area contributed by atoms with Gasteiger partial charge in [0.2, 0.25) is 0 Å². The Kier molecular flexibility index (Phi) is 11.6. The molecule has 3 aromatic rings. The summed E-state index contributed by atoms with van der Waals surface area (Å²) in [6.07, 6.45) is 1.89. The van der Waals surface area contributed by atoms with Crippen molar-refractivity contribution in [3.63, 3.8) is 0 Å². The van der Waals surface area contributed by atoms with Gasteiger partial charge in [-0.15, -0.1) is 11.8 Å². The largest absolute Gasteiger partial charge is 0.460 e. The molecule has 1 amide bonds. The second-order valence-electron chi connectivity index (χ2n) is 11.5. The van der Waals surface area contributed by atoms with E-state index in [1.165, 1.54) is 37.6 Å². The van der Waals surface area contributed by atoms with Crippen molar-refractivity contribution in [2.45, 2.75) is 69.7 Å². The Bertz CT molecular complexity index is 1590. The number of anilines is 1. The van der Waals surface area contributed by atoms with Crippen LogP contribution in [0.15, 0.2) is 71.9 Å². The van der Waals surface area contributed by atoms with Crippen LogP contribution >= 0.6 is 19.5 Å². The van der Waals surface area contributed by atoms with Crippen molar-refractivity contribution < 1.29 is 37.1 Å². The summed E-state index contributed by atoms with van der Waals surface area (Å²) in [5.74, 6) is -1.25. The third-order valence-electron chi connectivity index (χ3n) is 6.61. The van der Waals surface area contributed by atoms with Gasteiger partial charge in [-0.3, -0.25) is 24.2 Å². The van der Waals surface area contributed by atoms with Crippen LogP contribution in [0.3, 0.4) is 0 Å². The average molecular weight is 678 g/mol. The number of ether oxygens (including phenoxy) is 2. The molecule has 6 atom stereocenters. The SMILES string of the molecule is C[C@H]1[C@H](F)[C@H](n2ccc(NC(=O)OC(C)(C)C)nc2=O)S[C@@H]1COP(=O)(N[C@@H](C)C(=O)OCc1ccccc1)Oc1cccnc1. The number of nitrogens with zero attached hydrogens (tertiary/aromatic N) is 3. The van der Waals surface area contributed by atoms with Gasteiger partial charge in [0.05, 0.1) is 12.8 Å². The Hall–Kier alpha value is -3.78. The monoisotopic (exact) mass is 677 g/mol. The van der Waals surface area contributed by atoms with E-state index in [0.717, 1.165) is 21.9 Å². The van der Waals surface area contributed by atoms with Crippen molar-refractivity contribution in [2.75, 3.05) is 11.9 Å². The molecule has 1 aliphatic heterocycles. The molecule has 0 saturated carbocycles. The molecule has 16 heteroatoms. The normalized spacial score (nSPS) is 21.5. The second-order valence-corrected chi connectivity index (χ2v) is 14.6. The molecule has 0 radical (unpaired) electrons. The summed E-state index contributed by atoms with van der Waals surface area (Å²) in [4.78, 5) is 45.4. The average Bonchev–Trinajstić information content (AvgIpc) is 3.27. The van der Waals surface area contributed by atoms with Gasteiger partial charge in [-0.25, -0.2) is 18.5 Å². The number of rotatable bonds is 12. The molecular formula is C30H37FN5O8PS. The first-order valence-corrected chi connectivity index (χ1v) is 16.9. The number of hydrogen-bond acceptors (Lipinski definition) is 11. The summed E-state index contributed by atoms with van der Waals surface area (Å²) in [5, 5.41) is 3.45. The van der Waals surface area contributed by atoms with Crippen molar-refractivity contribution >= 4 is 37.4 Å². The lowest BCUT2D eigenvalue weighted by atomic mass is 10.0. The van der Waals surface area contributed by atoms with Crippen LogP contribution in [-0.2, 0) is 30.0 Å². The number of carbonyl (C=O) groups is 2. The fourth-order valence-electron chi connectivity index (χ4n) is 4.28. The fourth-order valence-corrected chi connectivity index (χ4v) is 7.48. The third-order valence-corrected chi connectivity index (χ3v) is 9.93. The number of pyridine rings is 1. The molecule has 1 fully saturated rings. The number of halogens is 1. The molecule has 0 spiro atoms. The highest BCUT2D eigenvalue weighted by molar-refractivity contribution is 8.00. The lowest BCUT2D eigenvalue weighted by molar-refractivity contribution is -0.146. The van der Waals surface area contributed by atoms with Crippen LogP contribution in [0.1, 0.15) is 45.6 Å². The summed E-state index contributed by atoms with van der Waals surface area (Å²) in [5.41, 5.74) is -0.752. The maximum absolute atomic E-state index is 15.6. The predicted molar refractivity (Wildman–Crippen MR) is 170 cm³/mol. The van der Waals surface area contributed by atoms with Crippen molar-refractivity contribution in [3.05, 3.63) is 83.2 Å². The Morgan fingerprint density at radius 1 is 1.15 bits per heavy atom. The maximum Gasteiger partial charge on any atom is 0.459 e. The summed E-state index contributed by atoms with van der Waals surface area (Å²) < 4.78 is 52.6. The number of nitrogens with one attached hydrogen (secondary N) is 2. The first kappa shape index (κ1) is 35.1. The summed E-state index contributed by atoms with van der Waals surface area (Å²) >= 11 is 1.10. The molecule has 2 N–H and O–H groups in total. The molecule has 1 aliphatic rings. The highest BCUT2D eigenvalue weighted by Gasteiger charge is 2.45. The Balaban J connectivity index is 1.42. The van der Waals surface area contributed by atoms with Crippen LogP contribution in [-0.4, -0.2) is 56.3 Å². The molecule has 248 valence electrons. The lowest BCUT2D eigenvalue weighted by Gasteiger charge is -2.24. The lowest BCUT2D eigenvalue weighted by Crippen LogP contribution is -2.35. The van der Waals surface area contributed by atoms with Crippen LogP contribution in [0.5, 0.6) is 5.75 Å². The van der Waals surface area contributed by atoms with E-state index in [4.69, 9.17) is 18.5 Å². The minimum absolute atomic E-state index is 0.0160. The standard InChI is InChI=1S/C30H37FN5O8PS/c1-19-23(46-26(25(19)31)36-15-13-24(33-28(36)38)34-29(39)43-30(3,4)5)18-42-45(40,44-22-12-9-14-32-16-22)35-20(2)27(37)41-17-21-10-7-6-8-11-21/h6-16,19-20,23,25-26H,17-18H2,1-5H3,(H,35,40)(H,33,34,38,39)/t19-,20+,23-,25+,26-,45?/m1/s1. The van der Waals surface area contributed by atoms with E-state index in [2.05, 4.69) is 20.4 Å². The molecule has 2 aromatic heterocycles. The fraction of sp³-hybridized carbons (Fsp3) is 0.433. The maximum atomic E-state index is 15.6. The van der Waals surface area contributed by atoms with Crippen LogP contribution in [0.4, 0.5) is 15.0 Å². The van der Waals surface area contributed by atoms with Crippen molar-refractivity contribution in [1.82, 2.24) is 19.6 Å². The van der Waals surface area contributed by atoms with Gasteiger partial charge in [0.25, 0.3) is 0 Å². The van der Waals surface area contributed by atoms with Crippen LogP contribution in [0.2, 0.25) is 0 Å². The quantitative estimate of drug-likeness (QED) is 0.183. The molecule has 4 rings (SSSR count). The summed E-state index contributed by atoms with van der Waals surface area (Å²) in [7, 11) is -4.24.